The van der Waals surface area contributed by atoms with Crippen molar-refractivity contribution in [2.75, 3.05) is 0 Å². The van der Waals surface area contributed by atoms with Crippen LogP contribution in [-0.4, -0.2) is 35.6 Å². The molecule has 0 saturated heterocycles. The van der Waals surface area contributed by atoms with Crippen LogP contribution in [0.15, 0.2) is 0 Å². The number of hydrogen-bond acceptors (Lipinski definition) is 4. The van der Waals surface area contributed by atoms with Gasteiger partial charge in [-0.2, -0.15) is 11.1 Å². The topological polar surface area (TPSA) is 80.9 Å². The Balaban J connectivity index is -0.0000000457. The van der Waals surface area contributed by atoms with E-state index in [2.05, 4.69) is 19.6 Å². The molecule has 0 aliphatic heterocycles. The molecule has 4 nitrogen and oxygen atoms in total. The zero-order valence-corrected chi connectivity index (χ0v) is 14.9. The SMILES string of the molecule is C[Si](C)(C)Cl.O[Si](O)(O)O.[Na+].[Na+]. The first kappa shape index (κ1) is 24.0. The molecule has 0 unspecified atom stereocenters. The predicted molar refractivity (Wildman–Crippen MR) is 43.8 cm³/mol. The fraction of sp³-hybridized carbons (Fsp3) is 1.00. The number of hydrogen-bond donors (Lipinski definition) is 4. The summed E-state index contributed by atoms with van der Waals surface area (Å²) < 4.78 is 0. The van der Waals surface area contributed by atoms with Gasteiger partial charge in [0.2, 0.25) is 0 Å². The van der Waals surface area contributed by atoms with E-state index in [0.717, 1.165) is 0 Å². The first-order valence-corrected chi connectivity index (χ1v) is 8.88. The molecule has 0 bridgehead atoms. The molecule has 0 amide bonds. The summed E-state index contributed by atoms with van der Waals surface area (Å²) in [4.78, 5) is 29.3. The van der Waals surface area contributed by atoms with Crippen LogP contribution in [0.25, 0.3) is 0 Å². The second kappa shape index (κ2) is 10.1. The van der Waals surface area contributed by atoms with Crippen molar-refractivity contribution in [2.45, 2.75) is 19.6 Å². The summed E-state index contributed by atoms with van der Waals surface area (Å²) in [5.41, 5.74) is 0. The molecule has 0 aliphatic rings. The molecule has 64 valence electrons. The van der Waals surface area contributed by atoms with Gasteiger partial charge in [-0.05, 0) is 0 Å². The summed E-state index contributed by atoms with van der Waals surface area (Å²) in [5.74, 6) is 0. The molecule has 0 saturated carbocycles. The Morgan fingerprint density at radius 2 is 0.833 bits per heavy atom. The summed E-state index contributed by atoms with van der Waals surface area (Å²) in [6.07, 6.45) is 0. The molecule has 0 aromatic heterocycles. The van der Waals surface area contributed by atoms with E-state index in [1.54, 1.807) is 0 Å². The van der Waals surface area contributed by atoms with Crippen molar-refractivity contribution in [3.05, 3.63) is 0 Å². The third-order valence-electron chi connectivity index (χ3n) is 0. The smallest absolute Gasteiger partial charge is 0.368 e. The Kier molecular flexibility index (Phi) is 20.2. The maximum absolute atomic E-state index is 7.33. The van der Waals surface area contributed by atoms with E-state index in [1.807, 2.05) is 0 Å². The maximum Gasteiger partial charge on any atom is 1.00 e. The van der Waals surface area contributed by atoms with Crippen molar-refractivity contribution in [1.82, 2.24) is 0 Å². The van der Waals surface area contributed by atoms with Gasteiger partial charge in [0.25, 0.3) is 0 Å². The maximum atomic E-state index is 7.33. The molecule has 0 aromatic rings. The van der Waals surface area contributed by atoms with Gasteiger partial charge in [0.15, 0.2) is 0 Å². The summed E-state index contributed by atoms with van der Waals surface area (Å²) in [6, 6.07) is 0. The average Bonchev–Trinajstić information content (AvgIpc) is 1.12. The van der Waals surface area contributed by atoms with Crippen LogP contribution < -0.4 is 59.1 Å². The van der Waals surface area contributed by atoms with Crippen LogP contribution in [-0.2, 0) is 0 Å². The quantitative estimate of drug-likeness (QED) is 0.255. The van der Waals surface area contributed by atoms with Crippen molar-refractivity contribution in [3.63, 3.8) is 0 Å². The minimum atomic E-state index is -4.61. The average molecular weight is 251 g/mol. The van der Waals surface area contributed by atoms with E-state index in [0.29, 0.717) is 0 Å². The first-order chi connectivity index (χ1) is 4.00. The molecule has 0 atom stereocenters. The summed E-state index contributed by atoms with van der Waals surface area (Å²) in [5, 5.41) is 0. The zero-order valence-electron chi connectivity index (χ0n) is 8.17. The van der Waals surface area contributed by atoms with Gasteiger partial charge in [-0.25, -0.2) is 0 Å². The van der Waals surface area contributed by atoms with E-state index in [-0.39, 0.29) is 59.1 Å². The van der Waals surface area contributed by atoms with Gasteiger partial charge in [-0.15, -0.1) is 0 Å². The number of rotatable bonds is 0. The minimum Gasteiger partial charge on any atom is -0.368 e. The third-order valence-corrected chi connectivity index (χ3v) is 0. The molecule has 0 radical (unpaired) electrons. The van der Waals surface area contributed by atoms with E-state index in [9.17, 15) is 0 Å². The van der Waals surface area contributed by atoms with Crippen molar-refractivity contribution in [3.8, 4) is 0 Å². The second-order valence-electron chi connectivity index (χ2n) is 2.67. The normalized spacial score (nSPS) is 10.0. The van der Waals surface area contributed by atoms with Gasteiger partial charge in [0, 0.05) is 0 Å². The van der Waals surface area contributed by atoms with E-state index >= 15 is 0 Å². The molecule has 0 aromatic carbocycles. The van der Waals surface area contributed by atoms with Crippen molar-refractivity contribution in [2.24, 2.45) is 0 Å². The molecule has 0 spiro atoms. The Bertz CT molecular complexity index is 69.3. The van der Waals surface area contributed by atoms with E-state index in [4.69, 9.17) is 30.3 Å². The molecule has 0 fully saturated rings. The van der Waals surface area contributed by atoms with Gasteiger partial charge in [-0.1, -0.05) is 19.6 Å². The van der Waals surface area contributed by atoms with Crippen molar-refractivity contribution in [1.29, 1.82) is 0 Å². The molecule has 9 heteroatoms. The van der Waals surface area contributed by atoms with Crippen LogP contribution in [0.2, 0.25) is 19.6 Å². The monoisotopic (exact) mass is 250 g/mol. The van der Waals surface area contributed by atoms with Gasteiger partial charge in [0.1, 0.15) is 7.38 Å². The van der Waals surface area contributed by atoms with E-state index < -0.39 is 16.4 Å². The van der Waals surface area contributed by atoms with Gasteiger partial charge >= 0.3 is 68.2 Å². The predicted octanol–water partition coefficient (Wildman–Crippen LogP) is -6.54. The van der Waals surface area contributed by atoms with Crippen LogP contribution in [0.5, 0.6) is 0 Å². The fourth-order valence-corrected chi connectivity index (χ4v) is 0. The molecule has 0 aliphatic carbocycles. The van der Waals surface area contributed by atoms with Gasteiger partial charge < -0.3 is 19.2 Å². The zero-order chi connectivity index (χ0) is 9.00. The Hall–Kier alpha value is 2.56. The molecular formula is C3H13ClNa2O4Si2+2. The van der Waals surface area contributed by atoms with Crippen LogP contribution in [0, 0.1) is 0 Å². The van der Waals surface area contributed by atoms with Crippen LogP contribution in [0.4, 0.5) is 0 Å². The molecule has 12 heavy (non-hydrogen) atoms. The summed E-state index contributed by atoms with van der Waals surface area (Å²) >= 11 is 5.67. The molecule has 0 heterocycles. The molecular weight excluding hydrogens is 238 g/mol. The van der Waals surface area contributed by atoms with Crippen LogP contribution >= 0.6 is 11.1 Å². The number of halogens is 1. The Labute approximate surface area is 124 Å². The molecule has 4 N–H and O–H groups in total. The van der Waals surface area contributed by atoms with Crippen LogP contribution in [0.1, 0.15) is 0 Å². The first-order valence-electron chi connectivity index (χ1n) is 2.58. The second-order valence-corrected chi connectivity index (χ2v) is 11.4. The Morgan fingerprint density at radius 1 is 0.833 bits per heavy atom. The van der Waals surface area contributed by atoms with Gasteiger partial charge in [0.05, 0.1) is 0 Å². The summed E-state index contributed by atoms with van der Waals surface area (Å²) in [7, 11) is -5.75. The van der Waals surface area contributed by atoms with Crippen LogP contribution in [0.3, 0.4) is 0 Å². The van der Waals surface area contributed by atoms with Crippen molar-refractivity contribution < 1.29 is 78.3 Å². The molecule has 0 rings (SSSR count). The standard InChI is InChI=1S/C3H9ClSi.2Na.H4O4Si/c1-5(2,3)4;;;1-5(2,3)4/h1-3H3;;;1-4H/q;2*+1;. The van der Waals surface area contributed by atoms with Gasteiger partial charge in [-0.3, -0.25) is 0 Å². The largest absolute Gasteiger partial charge is 1.00 e. The minimum absolute atomic E-state index is 0. The summed E-state index contributed by atoms with van der Waals surface area (Å²) in [6.45, 7) is 6.28. The fourth-order valence-electron chi connectivity index (χ4n) is 0. The third kappa shape index (κ3) is 256. The Morgan fingerprint density at radius 3 is 0.833 bits per heavy atom. The van der Waals surface area contributed by atoms with Crippen molar-refractivity contribution >= 4 is 27.5 Å². The van der Waals surface area contributed by atoms with E-state index in [1.165, 1.54) is 0 Å².